The summed E-state index contributed by atoms with van der Waals surface area (Å²) in [6, 6.07) is 9.33. The van der Waals surface area contributed by atoms with E-state index in [1.807, 2.05) is 30.3 Å². The molecule has 0 unspecified atom stereocenters. The number of nitrogens with zero attached hydrogens (tertiary/aromatic N) is 2. The van der Waals surface area contributed by atoms with Crippen molar-refractivity contribution in [1.29, 1.82) is 0 Å². The maximum Gasteiger partial charge on any atom is 0.246 e. The Hall–Kier alpha value is -2.21. The van der Waals surface area contributed by atoms with E-state index in [0.29, 0.717) is 5.82 Å². The number of amides is 1. The van der Waals surface area contributed by atoms with Gasteiger partial charge in [-0.15, -0.1) is 18.3 Å². The molecule has 2 rings (SSSR count). The number of aromatic nitrogens is 2. The van der Waals surface area contributed by atoms with Gasteiger partial charge in [-0.1, -0.05) is 18.2 Å². The van der Waals surface area contributed by atoms with Crippen molar-refractivity contribution in [2.24, 2.45) is 0 Å². The van der Waals surface area contributed by atoms with Crippen molar-refractivity contribution in [2.75, 3.05) is 16.8 Å². The predicted molar refractivity (Wildman–Crippen MR) is 82.6 cm³/mol. The number of hydrogen-bond acceptors (Lipinski definition) is 4. The van der Waals surface area contributed by atoms with Crippen LogP contribution in [0.5, 0.6) is 0 Å². The normalized spacial score (nSPS) is 10.2. The van der Waals surface area contributed by atoms with Crippen LogP contribution >= 0.6 is 11.8 Å². The molecule has 1 aromatic heterocycles. The fourth-order valence-corrected chi connectivity index (χ4v) is 2.39. The molecule has 1 aromatic carbocycles. The third-order valence-electron chi connectivity index (χ3n) is 2.48. The fourth-order valence-electron chi connectivity index (χ4n) is 1.65. The first-order valence-corrected chi connectivity index (χ1v) is 7.09. The van der Waals surface area contributed by atoms with Crippen LogP contribution in [0.2, 0.25) is 0 Å². The van der Waals surface area contributed by atoms with Crippen LogP contribution in [0.25, 0.3) is 0 Å². The lowest BCUT2D eigenvalue weighted by Crippen LogP contribution is -2.19. The van der Waals surface area contributed by atoms with Crippen molar-refractivity contribution in [3.8, 4) is 0 Å². The van der Waals surface area contributed by atoms with E-state index >= 15 is 0 Å². The van der Waals surface area contributed by atoms with Crippen LogP contribution in [-0.2, 0) is 11.3 Å². The molecular formula is C14H16N4OS. The third kappa shape index (κ3) is 3.89. The maximum atomic E-state index is 12.0. The quantitative estimate of drug-likeness (QED) is 0.632. The molecule has 0 aliphatic carbocycles. The van der Waals surface area contributed by atoms with Crippen LogP contribution in [0, 0.1) is 0 Å². The Bertz CT molecular complexity index is 609. The molecule has 1 amide bonds. The van der Waals surface area contributed by atoms with Crippen LogP contribution < -0.4 is 11.1 Å². The first-order chi connectivity index (χ1) is 9.69. The van der Waals surface area contributed by atoms with E-state index in [4.69, 9.17) is 5.73 Å². The van der Waals surface area contributed by atoms with Crippen LogP contribution in [0.4, 0.5) is 11.5 Å². The average molecular weight is 288 g/mol. The molecule has 0 aliphatic heterocycles. The SMILES string of the molecule is C=CCSc1ccccc1NC(=O)Cn1ccc(N)n1. The van der Waals surface area contributed by atoms with Crippen LogP contribution in [-0.4, -0.2) is 21.4 Å². The summed E-state index contributed by atoms with van der Waals surface area (Å²) in [6.45, 7) is 3.83. The number of benzene rings is 1. The lowest BCUT2D eigenvalue weighted by atomic mass is 10.3. The molecule has 5 nitrogen and oxygen atoms in total. The zero-order valence-electron chi connectivity index (χ0n) is 11.0. The Morgan fingerprint density at radius 1 is 1.45 bits per heavy atom. The molecule has 3 N–H and O–H groups in total. The molecule has 0 saturated carbocycles. The average Bonchev–Trinajstić information content (AvgIpc) is 2.83. The summed E-state index contributed by atoms with van der Waals surface area (Å²) >= 11 is 1.62. The lowest BCUT2D eigenvalue weighted by molar-refractivity contribution is -0.116. The summed E-state index contributed by atoms with van der Waals surface area (Å²) < 4.78 is 1.50. The Labute approximate surface area is 121 Å². The van der Waals surface area contributed by atoms with Gasteiger partial charge in [0.25, 0.3) is 0 Å². The number of hydrogen-bond donors (Lipinski definition) is 2. The molecule has 6 heteroatoms. The topological polar surface area (TPSA) is 72.9 Å². The van der Waals surface area contributed by atoms with E-state index in [2.05, 4.69) is 17.0 Å². The van der Waals surface area contributed by atoms with E-state index in [0.717, 1.165) is 16.3 Å². The van der Waals surface area contributed by atoms with Crippen molar-refractivity contribution < 1.29 is 4.79 Å². The van der Waals surface area contributed by atoms with Gasteiger partial charge < -0.3 is 11.1 Å². The van der Waals surface area contributed by atoms with Crippen molar-refractivity contribution in [2.45, 2.75) is 11.4 Å². The summed E-state index contributed by atoms with van der Waals surface area (Å²) in [6.07, 6.45) is 3.50. The molecular weight excluding hydrogens is 272 g/mol. The molecule has 0 radical (unpaired) electrons. The minimum Gasteiger partial charge on any atom is -0.382 e. The van der Waals surface area contributed by atoms with Crippen molar-refractivity contribution >= 4 is 29.2 Å². The number of nitrogens with one attached hydrogen (secondary N) is 1. The molecule has 20 heavy (non-hydrogen) atoms. The maximum absolute atomic E-state index is 12.0. The van der Waals surface area contributed by atoms with E-state index in [-0.39, 0.29) is 12.5 Å². The standard InChI is InChI=1S/C14H16N4OS/c1-2-9-20-12-6-4-3-5-11(12)16-14(19)10-18-8-7-13(15)17-18/h2-8H,1,9-10H2,(H2,15,17)(H,16,19). The number of thioether (sulfide) groups is 1. The Morgan fingerprint density at radius 3 is 2.95 bits per heavy atom. The van der Waals surface area contributed by atoms with E-state index in [1.54, 1.807) is 24.0 Å². The summed E-state index contributed by atoms with van der Waals surface area (Å²) in [5.74, 6) is 1.06. The Balaban J connectivity index is 2.01. The fraction of sp³-hybridized carbons (Fsp3) is 0.143. The number of rotatable bonds is 6. The first kappa shape index (κ1) is 14.2. The zero-order valence-corrected chi connectivity index (χ0v) is 11.8. The van der Waals surface area contributed by atoms with Crippen LogP contribution in [0.3, 0.4) is 0 Å². The van der Waals surface area contributed by atoms with Crippen molar-refractivity contribution in [3.63, 3.8) is 0 Å². The summed E-state index contributed by atoms with van der Waals surface area (Å²) in [7, 11) is 0. The van der Waals surface area contributed by atoms with Gasteiger partial charge in [0, 0.05) is 16.8 Å². The van der Waals surface area contributed by atoms with Gasteiger partial charge in [0.1, 0.15) is 12.4 Å². The predicted octanol–water partition coefficient (Wildman–Crippen LogP) is 2.38. The van der Waals surface area contributed by atoms with Crippen LogP contribution in [0.15, 0.2) is 54.1 Å². The highest BCUT2D eigenvalue weighted by molar-refractivity contribution is 7.99. The van der Waals surface area contributed by atoms with Gasteiger partial charge in [-0.25, -0.2) is 0 Å². The number of nitrogens with two attached hydrogens (primary N) is 1. The van der Waals surface area contributed by atoms with Crippen molar-refractivity contribution in [1.82, 2.24) is 9.78 Å². The second-order valence-electron chi connectivity index (χ2n) is 4.08. The number of anilines is 2. The second-order valence-corrected chi connectivity index (χ2v) is 5.14. The van der Waals surface area contributed by atoms with Crippen molar-refractivity contribution in [3.05, 3.63) is 49.2 Å². The third-order valence-corrected chi connectivity index (χ3v) is 3.55. The minimum absolute atomic E-state index is 0.137. The molecule has 1 heterocycles. The van der Waals surface area contributed by atoms with E-state index in [1.165, 1.54) is 4.68 Å². The Morgan fingerprint density at radius 2 is 2.25 bits per heavy atom. The van der Waals surface area contributed by atoms with Gasteiger partial charge in [-0.05, 0) is 18.2 Å². The highest BCUT2D eigenvalue weighted by Crippen LogP contribution is 2.26. The first-order valence-electron chi connectivity index (χ1n) is 6.10. The molecule has 104 valence electrons. The van der Waals surface area contributed by atoms with Gasteiger partial charge in [-0.3, -0.25) is 9.48 Å². The molecule has 0 saturated heterocycles. The highest BCUT2D eigenvalue weighted by atomic mass is 32.2. The summed E-state index contributed by atoms with van der Waals surface area (Å²) in [5, 5.41) is 6.86. The Kier molecular flexibility index (Phi) is 4.84. The number of carbonyl (C=O) groups is 1. The number of carbonyl (C=O) groups excluding carboxylic acids is 1. The van der Waals surface area contributed by atoms with Gasteiger partial charge in [0.05, 0.1) is 5.69 Å². The monoisotopic (exact) mass is 288 g/mol. The van der Waals surface area contributed by atoms with Gasteiger partial charge >= 0.3 is 0 Å². The van der Waals surface area contributed by atoms with Gasteiger partial charge in [0.2, 0.25) is 5.91 Å². The van der Waals surface area contributed by atoms with Gasteiger partial charge in [-0.2, -0.15) is 5.10 Å². The van der Waals surface area contributed by atoms with Gasteiger partial charge in [0.15, 0.2) is 0 Å². The van der Waals surface area contributed by atoms with E-state index in [9.17, 15) is 4.79 Å². The number of nitrogen functional groups attached to an aromatic ring is 1. The zero-order chi connectivity index (χ0) is 14.4. The largest absolute Gasteiger partial charge is 0.382 e. The molecule has 0 spiro atoms. The highest BCUT2D eigenvalue weighted by Gasteiger charge is 2.08. The summed E-state index contributed by atoms with van der Waals surface area (Å²) in [4.78, 5) is 13.0. The lowest BCUT2D eigenvalue weighted by Gasteiger charge is -2.10. The van der Waals surface area contributed by atoms with E-state index < -0.39 is 0 Å². The minimum atomic E-state index is -0.139. The second kappa shape index (κ2) is 6.81. The number of para-hydroxylation sites is 1. The molecule has 0 fully saturated rings. The molecule has 2 aromatic rings. The summed E-state index contributed by atoms with van der Waals surface area (Å²) in [5.41, 5.74) is 6.31. The molecule has 0 atom stereocenters. The smallest absolute Gasteiger partial charge is 0.246 e. The molecule has 0 bridgehead atoms. The molecule has 0 aliphatic rings. The van der Waals surface area contributed by atoms with Crippen LogP contribution in [0.1, 0.15) is 0 Å².